The Morgan fingerprint density at radius 2 is 1.95 bits per heavy atom. The standard InChI is InChI=1S/C17H19ClN2O2/c1-12-14(18)7-5-8-15(12)20-17(21)19-11-10-13-6-3-4-9-16(13)22-2/h3-9H,10-11H2,1-2H3,(H2,19,20,21). The van der Waals surface area contributed by atoms with Crippen LogP contribution in [0.1, 0.15) is 11.1 Å². The molecule has 0 heterocycles. The van der Waals surface area contributed by atoms with Gasteiger partial charge in [0.05, 0.1) is 7.11 Å². The summed E-state index contributed by atoms with van der Waals surface area (Å²) in [5.41, 5.74) is 2.62. The highest BCUT2D eigenvalue weighted by Crippen LogP contribution is 2.22. The third-order valence-electron chi connectivity index (χ3n) is 3.39. The summed E-state index contributed by atoms with van der Waals surface area (Å²) in [5, 5.41) is 6.26. The number of urea groups is 1. The summed E-state index contributed by atoms with van der Waals surface area (Å²) in [4.78, 5) is 11.9. The molecule has 0 saturated heterocycles. The van der Waals surface area contributed by atoms with Crippen molar-refractivity contribution in [1.82, 2.24) is 5.32 Å². The molecule has 116 valence electrons. The minimum atomic E-state index is -0.250. The fourth-order valence-electron chi connectivity index (χ4n) is 2.13. The van der Waals surface area contributed by atoms with E-state index >= 15 is 0 Å². The van der Waals surface area contributed by atoms with E-state index in [2.05, 4.69) is 10.6 Å². The second kappa shape index (κ2) is 7.71. The number of rotatable bonds is 5. The number of hydrogen-bond acceptors (Lipinski definition) is 2. The van der Waals surface area contributed by atoms with Crippen molar-refractivity contribution < 1.29 is 9.53 Å². The first-order chi connectivity index (χ1) is 10.6. The maximum atomic E-state index is 11.9. The Balaban J connectivity index is 1.87. The molecule has 0 radical (unpaired) electrons. The van der Waals surface area contributed by atoms with E-state index in [1.54, 1.807) is 19.2 Å². The number of para-hydroxylation sites is 1. The molecular formula is C17H19ClN2O2. The fourth-order valence-corrected chi connectivity index (χ4v) is 2.30. The first-order valence-electron chi connectivity index (χ1n) is 7.03. The minimum absolute atomic E-state index is 0.250. The SMILES string of the molecule is COc1ccccc1CCNC(=O)Nc1cccc(Cl)c1C. The number of ether oxygens (including phenoxy) is 1. The van der Waals surface area contributed by atoms with Crippen LogP contribution in [0.25, 0.3) is 0 Å². The van der Waals surface area contributed by atoms with E-state index in [9.17, 15) is 4.79 Å². The lowest BCUT2D eigenvalue weighted by Crippen LogP contribution is -2.30. The van der Waals surface area contributed by atoms with Gasteiger partial charge < -0.3 is 15.4 Å². The van der Waals surface area contributed by atoms with E-state index in [0.29, 0.717) is 23.7 Å². The van der Waals surface area contributed by atoms with Crippen molar-refractivity contribution in [3.8, 4) is 5.75 Å². The predicted octanol–water partition coefficient (Wildman–Crippen LogP) is 4.02. The molecule has 5 heteroatoms. The summed E-state index contributed by atoms with van der Waals surface area (Å²) in [6.45, 7) is 2.39. The van der Waals surface area contributed by atoms with Gasteiger partial charge in [-0.25, -0.2) is 4.79 Å². The molecule has 0 aliphatic carbocycles. The van der Waals surface area contributed by atoms with Crippen LogP contribution in [0, 0.1) is 6.92 Å². The third-order valence-corrected chi connectivity index (χ3v) is 3.80. The van der Waals surface area contributed by atoms with Crippen LogP contribution in [0.3, 0.4) is 0 Å². The lowest BCUT2D eigenvalue weighted by molar-refractivity contribution is 0.252. The molecule has 0 fully saturated rings. The molecule has 2 N–H and O–H groups in total. The van der Waals surface area contributed by atoms with Crippen LogP contribution in [-0.2, 0) is 6.42 Å². The van der Waals surface area contributed by atoms with Gasteiger partial charge in [-0.05, 0) is 42.7 Å². The predicted molar refractivity (Wildman–Crippen MR) is 89.9 cm³/mol. The second-order valence-corrected chi connectivity index (χ2v) is 5.26. The third kappa shape index (κ3) is 4.15. The average Bonchev–Trinajstić information content (AvgIpc) is 2.52. The molecule has 0 atom stereocenters. The highest BCUT2D eigenvalue weighted by Gasteiger charge is 2.07. The molecule has 0 spiro atoms. The molecule has 2 aromatic carbocycles. The van der Waals surface area contributed by atoms with Crippen molar-refractivity contribution >= 4 is 23.3 Å². The van der Waals surface area contributed by atoms with Crippen LogP contribution < -0.4 is 15.4 Å². The summed E-state index contributed by atoms with van der Waals surface area (Å²) in [6.07, 6.45) is 0.700. The van der Waals surface area contributed by atoms with Gasteiger partial charge in [-0.1, -0.05) is 35.9 Å². The van der Waals surface area contributed by atoms with E-state index in [4.69, 9.17) is 16.3 Å². The van der Waals surface area contributed by atoms with Gasteiger partial charge in [-0.15, -0.1) is 0 Å². The molecule has 0 aliphatic rings. The van der Waals surface area contributed by atoms with Crippen molar-refractivity contribution in [1.29, 1.82) is 0 Å². The van der Waals surface area contributed by atoms with Gasteiger partial charge in [0.25, 0.3) is 0 Å². The summed E-state index contributed by atoms with van der Waals surface area (Å²) in [7, 11) is 1.64. The van der Waals surface area contributed by atoms with E-state index < -0.39 is 0 Å². The molecule has 2 aromatic rings. The number of carbonyl (C=O) groups excluding carboxylic acids is 1. The van der Waals surface area contributed by atoms with Crippen LogP contribution in [0.5, 0.6) is 5.75 Å². The Morgan fingerprint density at radius 3 is 2.73 bits per heavy atom. The molecule has 22 heavy (non-hydrogen) atoms. The zero-order chi connectivity index (χ0) is 15.9. The number of nitrogens with one attached hydrogen (secondary N) is 2. The summed E-state index contributed by atoms with van der Waals surface area (Å²) >= 11 is 6.03. The highest BCUT2D eigenvalue weighted by molar-refractivity contribution is 6.31. The number of hydrogen-bond donors (Lipinski definition) is 2. The monoisotopic (exact) mass is 318 g/mol. The van der Waals surface area contributed by atoms with Gasteiger partial charge in [-0.2, -0.15) is 0 Å². The molecule has 0 aromatic heterocycles. The topological polar surface area (TPSA) is 50.4 Å². The highest BCUT2D eigenvalue weighted by atomic mass is 35.5. The Kier molecular flexibility index (Phi) is 5.67. The molecule has 4 nitrogen and oxygen atoms in total. The van der Waals surface area contributed by atoms with Crippen LogP contribution in [-0.4, -0.2) is 19.7 Å². The largest absolute Gasteiger partial charge is 0.496 e. The molecule has 0 aliphatic heterocycles. The van der Waals surface area contributed by atoms with Gasteiger partial charge in [0.1, 0.15) is 5.75 Å². The normalized spacial score (nSPS) is 10.1. The summed E-state index contributed by atoms with van der Waals surface area (Å²) < 4.78 is 5.28. The first kappa shape index (κ1) is 16.2. The number of carbonyl (C=O) groups is 1. The van der Waals surface area contributed by atoms with Crippen molar-refractivity contribution in [2.75, 3.05) is 19.0 Å². The average molecular weight is 319 g/mol. The van der Waals surface area contributed by atoms with Gasteiger partial charge >= 0.3 is 6.03 Å². The lowest BCUT2D eigenvalue weighted by atomic mass is 10.1. The van der Waals surface area contributed by atoms with Crippen LogP contribution in [0.15, 0.2) is 42.5 Å². The molecule has 2 amide bonds. The van der Waals surface area contributed by atoms with E-state index in [0.717, 1.165) is 16.9 Å². The molecule has 0 bridgehead atoms. The molecule has 0 unspecified atom stereocenters. The van der Waals surface area contributed by atoms with E-state index in [1.807, 2.05) is 37.3 Å². The molecular weight excluding hydrogens is 300 g/mol. The molecule has 2 rings (SSSR count). The van der Waals surface area contributed by atoms with Gasteiger partial charge in [0.15, 0.2) is 0 Å². The van der Waals surface area contributed by atoms with Gasteiger partial charge in [0.2, 0.25) is 0 Å². The number of methoxy groups -OCH3 is 1. The van der Waals surface area contributed by atoms with Crippen molar-refractivity contribution in [2.24, 2.45) is 0 Å². The Bertz CT molecular complexity index is 659. The first-order valence-corrected chi connectivity index (χ1v) is 7.41. The zero-order valence-corrected chi connectivity index (χ0v) is 13.4. The summed E-state index contributed by atoms with van der Waals surface area (Å²) in [6, 6.07) is 12.9. The Morgan fingerprint density at radius 1 is 1.18 bits per heavy atom. The maximum absolute atomic E-state index is 11.9. The van der Waals surface area contributed by atoms with Crippen LogP contribution in [0.2, 0.25) is 5.02 Å². The minimum Gasteiger partial charge on any atom is -0.496 e. The van der Waals surface area contributed by atoms with Gasteiger partial charge in [-0.3, -0.25) is 0 Å². The van der Waals surface area contributed by atoms with E-state index in [1.165, 1.54) is 0 Å². The van der Waals surface area contributed by atoms with Crippen molar-refractivity contribution in [3.05, 3.63) is 58.6 Å². The second-order valence-electron chi connectivity index (χ2n) is 4.86. The van der Waals surface area contributed by atoms with Gasteiger partial charge in [0, 0.05) is 17.3 Å². The zero-order valence-electron chi connectivity index (χ0n) is 12.7. The maximum Gasteiger partial charge on any atom is 0.319 e. The van der Waals surface area contributed by atoms with Crippen LogP contribution >= 0.6 is 11.6 Å². The fraction of sp³-hybridized carbons (Fsp3) is 0.235. The summed E-state index contributed by atoms with van der Waals surface area (Å²) in [5.74, 6) is 0.829. The van der Waals surface area contributed by atoms with Crippen LogP contribution in [0.4, 0.5) is 10.5 Å². The Labute approximate surface area is 135 Å². The smallest absolute Gasteiger partial charge is 0.319 e. The van der Waals surface area contributed by atoms with Crippen molar-refractivity contribution in [2.45, 2.75) is 13.3 Å². The number of anilines is 1. The van der Waals surface area contributed by atoms with Crippen molar-refractivity contribution in [3.63, 3.8) is 0 Å². The number of benzene rings is 2. The van der Waals surface area contributed by atoms with E-state index in [-0.39, 0.29) is 6.03 Å². The lowest BCUT2D eigenvalue weighted by Gasteiger charge is -2.11. The number of amides is 2. The Hall–Kier alpha value is -2.20. The quantitative estimate of drug-likeness (QED) is 0.874. The molecule has 0 saturated carbocycles. The number of halogens is 1.